The van der Waals surface area contributed by atoms with Crippen LogP contribution in [0.4, 0.5) is 0 Å². The predicted octanol–water partition coefficient (Wildman–Crippen LogP) is 1.27. The van der Waals surface area contributed by atoms with E-state index in [0.29, 0.717) is 0 Å². The van der Waals surface area contributed by atoms with E-state index in [1.807, 2.05) is 13.0 Å². The zero-order valence-electron chi connectivity index (χ0n) is 6.13. The number of nitriles is 1. The molecule has 0 radical (unpaired) electrons. The van der Waals surface area contributed by atoms with Gasteiger partial charge >= 0.3 is 0 Å². The summed E-state index contributed by atoms with van der Waals surface area (Å²) < 4.78 is 0. The number of aryl methyl sites for hydroxylation is 1. The Bertz CT molecular complexity index is 350. The third-order valence-electron chi connectivity index (χ3n) is 1.26. The fourth-order valence-corrected chi connectivity index (χ4v) is 0.712. The Morgan fingerprint density at radius 2 is 2.36 bits per heavy atom. The van der Waals surface area contributed by atoms with Crippen LogP contribution in [0.1, 0.15) is 11.3 Å². The lowest BCUT2D eigenvalue weighted by Crippen LogP contribution is -1.84. The van der Waals surface area contributed by atoms with Crippen molar-refractivity contribution in [1.29, 1.82) is 5.26 Å². The molecule has 0 aliphatic heterocycles. The number of nitrogens with zero attached hydrogens (tertiary/aromatic N) is 2. The summed E-state index contributed by atoms with van der Waals surface area (Å²) in [5.74, 6) is 5.01. The maximum atomic E-state index is 8.17. The first-order valence-corrected chi connectivity index (χ1v) is 3.16. The normalized spacial score (nSPS) is 7.64. The molecular formula is C9H6N2. The van der Waals surface area contributed by atoms with Crippen LogP contribution in [-0.4, -0.2) is 4.98 Å². The van der Waals surface area contributed by atoms with Crippen LogP contribution in [0.5, 0.6) is 0 Å². The molecule has 0 saturated heterocycles. The predicted molar refractivity (Wildman–Crippen MR) is 41.5 cm³/mol. The topological polar surface area (TPSA) is 36.7 Å². The van der Waals surface area contributed by atoms with Gasteiger partial charge in [0.25, 0.3) is 0 Å². The van der Waals surface area contributed by atoms with Gasteiger partial charge in [0.2, 0.25) is 0 Å². The smallest absolute Gasteiger partial charge is 0.152 e. The van der Waals surface area contributed by atoms with Crippen LogP contribution in [0.2, 0.25) is 0 Å². The number of hydrogen-bond donors (Lipinski definition) is 0. The fraction of sp³-hybridized carbons (Fsp3) is 0.111. The Morgan fingerprint density at radius 3 is 3.00 bits per heavy atom. The highest BCUT2D eigenvalue weighted by atomic mass is 14.7. The van der Waals surface area contributed by atoms with Crippen molar-refractivity contribution in [1.82, 2.24) is 4.98 Å². The van der Waals surface area contributed by atoms with E-state index in [9.17, 15) is 0 Å². The van der Waals surface area contributed by atoms with Gasteiger partial charge in [0.15, 0.2) is 6.07 Å². The first kappa shape index (κ1) is 7.31. The van der Waals surface area contributed by atoms with Crippen molar-refractivity contribution in [3.63, 3.8) is 0 Å². The molecule has 0 spiro atoms. The molecule has 0 aromatic carbocycles. The highest BCUT2D eigenvalue weighted by molar-refractivity contribution is 5.39. The molecule has 1 rings (SSSR count). The maximum absolute atomic E-state index is 8.17. The lowest BCUT2D eigenvalue weighted by Gasteiger charge is -1.92. The average molecular weight is 142 g/mol. The van der Waals surface area contributed by atoms with Gasteiger partial charge in [0.05, 0.1) is 5.69 Å². The molecule has 2 heteroatoms. The minimum absolute atomic E-state index is 0.814. The summed E-state index contributed by atoms with van der Waals surface area (Å²) in [6, 6.07) is 5.39. The molecule has 2 nitrogen and oxygen atoms in total. The van der Waals surface area contributed by atoms with Gasteiger partial charge in [0, 0.05) is 17.7 Å². The summed E-state index contributed by atoms with van der Waals surface area (Å²) in [5.41, 5.74) is 1.67. The molecule has 1 aromatic rings. The SMILES string of the molecule is Cc1ncccc1C#CC#N. The van der Waals surface area contributed by atoms with Crippen LogP contribution in [0, 0.1) is 30.1 Å². The van der Waals surface area contributed by atoms with Crippen LogP contribution in [-0.2, 0) is 0 Å². The van der Waals surface area contributed by atoms with Gasteiger partial charge in [-0.1, -0.05) is 0 Å². The molecule has 52 valence electrons. The molecular weight excluding hydrogens is 136 g/mol. The lowest BCUT2D eigenvalue weighted by molar-refractivity contribution is 1.19. The molecule has 0 aliphatic rings. The zero-order chi connectivity index (χ0) is 8.10. The van der Waals surface area contributed by atoms with E-state index in [2.05, 4.69) is 16.8 Å². The van der Waals surface area contributed by atoms with Gasteiger partial charge in [-0.15, -0.1) is 0 Å². The van der Waals surface area contributed by atoms with Crippen molar-refractivity contribution in [2.24, 2.45) is 0 Å². The molecule has 0 N–H and O–H groups in total. The molecule has 0 atom stereocenters. The van der Waals surface area contributed by atoms with E-state index in [1.165, 1.54) is 0 Å². The molecule has 1 aromatic heterocycles. The lowest BCUT2D eigenvalue weighted by atomic mass is 10.2. The van der Waals surface area contributed by atoms with Crippen LogP contribution < -0.4 is 0 Å². The zero-order valence-corrected chi connectivity index (χ0v) is 6.13. The van der Waals surface area contributed by atoms with Gasteiger partial charge in [-0.05, 0) is 25.0 Å². The molecule has 0 unspecified atom stereocenters. The molecule has 0 bridgehead atoms. The fourth-order valence-electron chi connectivity index (χ4n) is 0.712. The molecule has 0 fully saturated rings. The van der Waals surface area contributed by atoms with Crippen LogP contribution in [0.15, 0.2) is 18.3 Å². The standard InChI is InChI=1S/C9H6N2/c1-8-9(4-2-6-10)5-3-7-11-8/h3,5,7H,1H3. The average Bonchev–Trinajstić information content (AvgIpc) is 2.03. The summed E-state index contributed by atoms with van der Waals surface area (Å²) in [7, 11) is 0. The second-order valence-electron chi connectivity index (χ2n) is 2.00. The van der Waals surface area contributed by atoms with E-state index < -0.39 is 0 Å². The maximum Gasteiger partial charge on any atom is 0.152 e. The van der Waals surface area contributed by atoms with Crippen LogP contribution in [0.3, 0.4) is 0 Å². The first-order valence-electron chi connectivity index (χ1n) is 3.16. The summed E-state index contributed by atoms with van der Waals surface area (Å²) in [4.78, 5) is 4.02. The van der Waals surface area contributed by atoms with Crippen molar-refractivity contribution in [2.75, 3.05) is 0 Å². The summed E-state index contributed by atoms with van der Waals surface area (Å²) in [5, 5.41) is 8.17. The van der Waals surface area contributed by atoms with Crippen LogP contribution in [0.25, 0.3) is 0 Å². The molecule has 1 heterocycles. The first-order chi connectivity index (χ1) is 5.34. The van der Waals surface area contributed by atoms with Crippen molar-refractivity contribution < 1.29 is 0 Å². The summed E-state index contributed by atoms with van der Waals surface area (Å²) in [6.45, 7) is 1.86. The third-order valence-corrected chi connectivity index (χ3v) is 1.26. The van der Waals surface area contributed by atoms with E-state index >= 15 is 0 Å². The van der Waals surface area contributed by atoms with Gasteiger partial charge in [-0.25, -0.2) is 0 Å². The third kappa shape index (κ3) is 1.81. The Labute approximate surface area is 65.5 Å². The van der Waals surface area contributed by atoms with Gasteiger partial charge < -0.3 is 0 Å². The van der Waals surface area contributed by atoms with Crippen molar-refractivity contribution in [3.05, 3.63) is 29.6 Å². The highest BCUT2D eigenvalue weighted by Crippen LogP contribution is 1.99. The Balaban J connectivity index is 3.07. The molecule has 0 aliphatic carbocycles. The second-order valence-corrected chi connectivity index (χ2v) is 2.00. The summed E-state index contributed by atoms with van der Waals surface area (Å²) >= 11 is 0. The van der Waals surface area contributed by atoms with Gasteiger partial charge in [0.1, 0.15) is 0 Å². The van der Waals surface area contributed by atoms with Gasteiger partial charge in [-0.3, -0.25) is 4.98 Å². The van der Waals surface area contributed by atoms with E-state index in [0.717, 1.165) is 11.3 Å². The monoisotopic (exact) mass is 142 g/mol. The number of pyridine rings is 1. The van der Waals surface area contributed by atoms with E-state index in [-0.39, 0.29) is 0 Å². The Kier molecular flexibility index (Phi) is 2.25. The van der Waals surface area contributed by atoms with Crippen LogP contribution >= 0.6 is 0 Å². The van der Waals surface area contributed by atoms with Crippen molar-refractivity contribution in [3.8, 4) is 17.9 Å². The minimum atomic E-state index is 0.814. The molecule has 11 heavy (non-hydrogen) atoms. The largest absolute Gasteiger partial charge is 0.260 e. The minimum Gasteiger partial charge on any atom is -0.260 e. The van der Waals surface area contributed by atoms with E-state index in [4.69, 9.17) is 5.26 Å². The summed E-state index contributed by atoms with van der Waals surface area (Å²) in [6.07, 6.45) is 1.70. The Morgan fingerprint density at radius 1 is 1.55 bits per heavy atom. The molecule has 0 amide bonds. The number of rotatable bonds is 0. The van der Waals surface area contributed by atoms with Crippen molar-refractivity contribution in [2.45, 2.75) is 6.92 Å². The quantitative estimate of drug-likeness (QED) is 0.511. The van der Waals surface area contributed by atoms with Gasteiger partial charge in [-0.2, -0.15) is 5.26 Å². The second kappa shape index (κ2) is 3.39. The van der Waals surface area contributed by atoms with Crippen molar-refractivity contribution >= 4 is 0 Å². The molecule has 0 saturated carbocycles. The highest BCUT2D eigenvalue weighted by Gasteiger charge is 1.90. The number of aromatic nitrogens is 1. The Hall–Kier alpha value is -1.80. The van der Waals surface area contributed by atoms with E-state index in [1.54, 1.807) is 18.3 Å². The number of hydrogen-bond acceptors (Lipinski definition) is 2.